The molecule has 0 bridgehead atoms. The van der Waals surface area contributed by atoms with Crippen LogP contribution in [0.1, 0.15) is 53.4 Å². The first-order valence-corrected chi connectivity index (χ1v) is 6.13. The van der Waals surface area contributed by atoms with E-state index in [1.54, 1.807) is 0 Å². The minimum absolute atomic E-state index is 0.107. The molecule has 1 aliphatic rings. The fourth-order valence-corrected chi connectivity index (χ4v) is 3.30. The minimum Gasteiger partial charge on any atom is -0.481 e. The first kappa shape index (κ1) is 12.5. The molecule has 0 aromatic rings. The summed E-state index contributed by atoms with van der Waals surface area (Å²) in [6, 6.07) is 0. The van der Waals surface area contributed by atoms with Crippen LogP contribution in [-0.2, 0) is 4.79 Å². The van der Waals surface area contributed by atoms with E-state index in [0.29, 0.717) is 11.8 Å². The van der Waals surface area contributed by atoms with Gasteiger partial charge in [0.2, 0.25) is 0 Å². The normalized spacial score (nSPS) is 36.9. The van der Waals surface area contributed by atoms with Crippen LogP contribution in [0.15, 0.2) is 0 Å². The lowest BCUT2D eigenvalue weighted by atomic mass is 9.59. The zero-order chi connectivity index (χ0) is 11.6. The van der Waals surface area contributed by atoms with Crippen molar-refractivity contribution in [1.82, 2.24) is 0 Å². The lowest BCUT2D eigenvalue weighted by Gasteiger charge is -2.45. The molecule has 0 radical (unpaired) electrons. The fourth-order valence-electron chi connectivity index (χ4n) is 3.30. The van der Waals surface area contributed by atoms with Crippen molar-refractivity contribution >= 4 is 5.97 Å². The Morgan fingerprint density at radius 1 is 1.47 bits per heavy atom. The van der Waals surface area contributed by atoms with Crippen LogP contribution in [0, 0.1) is 23.2 Å². The number of aliphatic carboxylic acids is 1. The Balaban J connectivity index is 2.79. The van der Waals surface area contributed by atoms with Crippen LogP contribution in [0.3, 0.4) is 0 Å². The van der Waals surface area contributed by atoms with E-state index in [0.717, 1.165) is 25.7 Å². The molecule has 1 fully saturated rings. The number of carboxylic acids is 1. The van der Waals surface area contributed by atoms with Gasteiger partial charge in [0.05, 0.1) is 5.92 Å². The number of carboxylic acid groups (broad SMARTS) is 1. The largest absolute Gasteiger partial charge is 0.481 e. The molecule has 2 heteroatoms. The smallest absolute Gasteiger partial charge is 0.306 e. The molecule has 0 aromatic carbocycles. The Morgan fingerprint density at radius 2 is 2.07 bits per heavy atom. The van der Waals surface area contributed by atoms with Crippen molar-refractivity contribution in [2.75, 3.05) is 0 Å². The van der Waals surface area contributed by atoms with E-state index in [-0.39, 0.29) is 11.3 Å². The van der Waals surface area contributed by atoms with Gasteiger partial charge >= 0.3 is 5.97 Å². The molecule has 1 saturated carbocycles. The summed E-state index contributed by atoms with van der Waals surface area (Å²) in [5, 5.41) is 9.09. The van der Waals surface area contributed by atoms with E-state index in [1.807, 2.05) is 0 Å². The van der Waals surface area contributed by atoms with Crippen molar-refractivity contribution < 1.29 is 9.90 Å². The van der Waals surface area contributed by atoms with Gasteiger partial charge in [0.25, 0.3) is 0 Å². The topological polar surface area (TPSA) is 37.3 Å². The Morgan fingerprint density at radius 3 is 2.47 bits per heavy atom. The molecule has 1 N–H and O–H groups in total. The van der Waals surface area contributed by atoms with Crippen molar-refractivity contribution in [3.05, 3.63) is 0 Å². The summed E-state index contributed by atoms with van der Waals surface area (Å²) in [5.41, 5.74) is 0.232. The van der Waals surface area contributed by atoms with Crippen molar-refractivity contribution in [1.29, 1.82) is 0 Å². The highest BCUT2D eigenvalue weighted by Crippen LogP contribution is 2.49. The van der Waals surface area contributed by atoms with Crippen LogP contribution in [0.5, 0.6) is 0 Å². The second-order valence-electron chi connectivity index (χ2n) is 5.67. The second-order valence-corrected chi connectivity index (χ2v) is 5.67. The molecule has 0 heterocycles. The van der Waals surface area contributed by atoms with Crippen LogP contribution in [0.2, 0.25) is 0 Å². The summed E-state index contributed by atoms with van der Waals surface area (Å²) in [5.74, 6) is 0.657. The summed E-state index contributed by atoms with van der Waals surface area (Å²) in [6.45, 7) is 8.99. The maximum Gasteiger partial charge on any atom is 0.306 e. The first-order chi connectivity index (χ1) is 6.90. The molecule has 2 nitrogen and oxygen atoms in total. The zero-order valence-electron chi connectivity index (χ0n) is 10.4. The van der Waals surface area contributed by atoms with Gasteiger partial charge in [-0.1, -0.05) is 34.1 Å². The zero-order valence-corrected chi connectivity index (χ0v) is 10.4. The average molecular weight is 212 g/mol. The first-order valence-electron chi connectivity index (χ1n) is 6.13. The highest BCUT2D eigenvalue weighted by Gasteiger charge is 2.42. The maximum absolute atomic E-state index is 11.0. The van der Waals surface area contributed by atoms with Crippen molar-refractivity contribution in [2.24, 2.45) is 23.2 Å². The van der Waals surface area contributed by atoms with Gasteiger partial charge in [-0.3, -0.25) is 4.79 Å². The Hall–Kier alpha value is -0.530. The summed E-state index contributed by atoms with van der Waals surface area (Å²) in [6.07, 6.45) is 3.91. The molecule has 88 valence electrons. The number of hydrogen-bond acceptors (Lipinski definition) is 1. The molecule has 1 aliphatic carbocycles. The molecule has 0 saturated heterocycles. The van der Waals surface area contributed by atoms with Gasteiger partial charge in [0.1, 0.15) is 0 Å². The van der Waals surface area contributed by atoms with Gasteiger partial charge in [-0.15, -0.1) is 0 Å². The van der Waals surface area contributed by atoms with Crippen LogP contribution in [-0.4, -0.2) is 11.1 Å². The summed E-state index contributed by atoms with van der Waals surface area (Å²) in [4.78, 5) is 11.0. The van der Waals surface area contributed by atoms with Gasteiger partial charge in [0.15, 0.2) is 0 Å². The number of rotatable bonds is 3. The molecule has 0 amide bonds. The lowest BCUT2D eigenvalue weighted by molar-refractivity contribution is -0.145. The van der Waals surface area contributed by atoms with Crippen LogP contribution in [0.4, 0.5) is 0 Å². The van der Waals surface area contributed by atoms with E-state index in [9.17, 15) is 4.79 Å². The fraction of sp³-hybridized carbons (Fsp3) is 0.923. The lowest BCUT2D eigenvalue weighted by Crippen LogP contribution is -2.39. The van der Waals surface area contributed by atoms with Crippen LogP contribution < -0.4 is 0 Å². The van der Waals surface area contributed by atoms with Gasteiger partial charge in [-0.25, -0.2) is 0 Å². The third kappa shape index (κ3) is 2.53. The molecule has 3 atom stereocenters. The van der Waals surface area contributed by atoms with Gasteiger partial charge in [-0.2, -0.15) is 0 Å². The molecule has 1 rings (SSSR count). The predicted octanol–water partition coefficient (Wildman–Crippen LogP) is 3.56. The van der Waals surface area contributed by atoms with Crippen molar-refractivity contribution in [3.8, 4) is 0 Å². The van der Waals surface area contributed by atoms with Gasteiger partial charge in [0, 0.05) is 0 Å². The number of carbonyl (C=O) groups is 1. The third-order valence-electron chi connectivity index (χ3n) is 4.40. The van der Waals surface area contributed by atoms with Crippen molar-refractivity contribution in [3.63, 3.8) is 0 Å². The Labute approximate surface area is 93.1 Å². The van der Waals surface area contributed by atoms with Gasteiger partial charge < -0.3 is 5.11 Å². The summed E-state index contributed by atoms with van der Waals surface area (Å²) < 4.78 is 0. The standard InChI is InChI=1S/C13H24O2/c1-5-13(4)8-10(12(14)15)6-7-11(13)9(2)3/h9-11H,5-8H2,1-4H3,(H,14,15). The van der Waals surface area contributed by atoms with Gasteiger partial charge in [-0.05, 0) is 36.5 Å². The highest BCUT2D eigenvalue weighted by atomic mass is 16.4. The summed E-state index contributed by atoms with van der Waals surface area (Å²) in [7, 11) is 0. The monoisotopic (exact) mass is 212 g/mol. The quantitative estimate of drug-likeness (QED) is 0.776. The molecular weight excluding hydrogens is 188 g/mol. The Kier molecular flexibility index (Phi) is 3.80. The van der Waals surface area contributed by atoms with E-state index in [4.69, 9.17) is 5.11 Å². The number of hydrogen-bond donors (Lipinski definition) is 1. The third-order valence-corrected chi connectivity index (χ3v) is 4.40. The van der Waals surface area contributed by atoms with E-state index < -0.39 is 5.97 Å². The SMILES string of the molecule is CCC1(C)CC(C(=O)O)CCC1C(C)C. The molecule has 15 heavy (non-hydrogen) atoms. The average Bonchev–Trinajstić information content (AvgIpc) is 2.17. The minimum atomic E-state index is -0.600. The van der Waals surface area contributed by atoms with E-state index in [1.165, 1.54) is 0 Å². The van der Waals surface area contributed by atoms with Crippen molar-refractivity contribution in [2.45, 2.75) is 53.4 Å². The highest BCUT2D eigenvalue weighted by molar-refractivity contribution is 5.70. The molecular formula is C13H24O2. The van der Waals surface area contributed by atoms with E-state index in [2.05, 4.69) is 27.7 Å². The summed E-state index contributed by atoms with van der Waals surface area (Å²) >= 11 is 0. The molecule has 0 spiro atoms. The van der Waals surface area contributed by atoms with E-state index >= 15 is 0 Å². The molecule has 0 aliphatic heterocycles. The molecule has 3 unspecified atom stereocenters. The predicted molar refractivity (Wildman–Crippen MR) is 61.7 cm³/mol. The maximum atomic E-state index is 11.0. The Bertz CT molecular complexity index is 235. The molecule has 0 aromatic heterocycles. The van der Waals surface area contributed by atoms with Crippen LogP contribution >= 0.6 is 0 Å². The van der Waals surface area contributed by atoms with Crippen LogP contribution in [0.25, 0.3) is 0 Å². The second kappa shape index (κ2) is 4.54.